The summed E-state index contributed by atoms with van der Waals surface area (Å²) in [7, 11) is 3.07. The third-order valence-electron chi connectivity index (χ3n) is 8.23. The number of phenolic OH excluding ortho intramolecular Hbond substituents is 1. The molecule has 206 valence electrons. The molecule has 3 aliphatic rings. The van der Waals surface area contributed by atoms with Crippen molar-refractivity contribution in [3.63, 3.8) is 0 Å². The van der Waals surface area contributed by atoms with Crippen molar-refractivity contribution in [2.45, 2.75) is 24.4 Å². The van der Waals surface area contributed by atoms with Gasteiger partial charge < -0.3 is 19.9 Å². The largest absolute Gasteiger partial charge is 0.508 e. The summed E-state index contributed by atoms with van der Waals surface area (Å²) < 4.78 is 25.1. The van der Waals surface area contributed by atoms with Crippen LogP contribution in [0.5, 0.6) is 17.2 Å². The molecule has 0 aromatic heterocycles. The van der Waals surface area contributed by atoms with Crippen LogP contribution in [0.2, 0.25) is 0 Å². The van der Waals surface area contributed by atoms with Gasteiger partial charge in [0, 0.05) is 23.8 Å². The van der Waals surface area contributed by atoms with Gasteiger partial charge in [-0.25, -0.2) is 4.39 Å². The maximum Gasteiger partial charge on any atom is 0.250 e. The van der Waals surface area contributed by atoms with Crippen molar-refractivity contribution in [3.05, 3.63) is 83.2 Å². The number of likely N-dealkylation sites (tertiary alicyclic amines) is 1. The normalized spacial score (nSPS) is 24.8. The van der Waals surface area contributed by atoms with E-state index in [0.717, 1.165) is 11.1 Å². The molecule has 3 amide bonds. The molecule has 3 N–H and O–H groups in total. The van der Waals surface area contributed by atoms with Gasteiger partial charge in [-0.05, 0) is 66.4 Å². The van der Waals surface area contributed by atoms with Gasteiger partial charge in [-0.3, -0.25) is 24.6 Å². The lowest BCUT2D eigenvalue weighted by molar-refractivity contribution is -0.142. The van der Waals surface area contributed by atoms with Crippen molar-refractivity contribution < 1.29 is 33.4 Å². The van der Waals surface area contributed by atoms with Gasteiger partial charge in [0.05, 0.1) is 26.1 Å². The number of hydrogen-bond acceptors (Lipinski definition) is 7. The Morgan fingerprint density at radius 2 is 1.65 bits per heavy atom. The number of carbonyl (C=O) groups is 3. The fourth-order valence-electron chi connectivity index (χ4n) is 6.39. The molecule has 1 spiro atoms. The van der Waals surface area contributed by atoms with Crippen LogP contribution in [0.15, 0.2) is 60.7 Å². The molecular weight excluding hydrogens is 517 g/mol. The number of rotatable bonds is 7. The zero-order valence-electron chi connectivity index (χ0n) is 21.9. The van der Waals surface area contributed by atoms with Crippen molar-refractivity contribution in [1.29, 1.82) is 0 Å². The Bertz CT molecular complexity index is 1530. The van der Waals surface area contributed by atoms with Crippen molar-refractivity contribution in [2.75, 3.05) is 26.1 Å². The number of phenols is 1. The second-order valence-corrected chi connectivity index (χ2v) is 10.3. The van der Waals surface area contributed by atoms with Gasteiger partial charge in [0.2, 0.25) is 17.7 Å². The average Bonchev–Trinajstić information content (AvgIpc) is 3.52. The van der Waals surface area contributed by atoms with Crippen molar-refractivity contribution in [1.82, 2.24) is 10.2 Å². The number of nitrogens with zero attached hydrogens (tertiary/aromatic N) is 1. The fourth-order valence-corrected chi connectivity index (χ4v) is 6.39. The number of amides is 3. The molecule has 3 heterocycles. The summed E-state index contributed by atoms with van der Waals surface area (Å²) in [5.74, 6) is -2.56. The van der Waals surface area contributed by atoms with Crippen LogP contribution in [0.4, 0.5) is 10.1 Å². The summed E-state index contributed by atoms with van der Waals surface area (Å²) in [6.07, 6.45) is 0.696. The number of anilines is 1. The minimum atomic E-state index is -1.59. The molecule has 0 saturated carbocycles. The van der Waals surface area contributed by atoms with E-state index in [9.17, 15) is 23.9 Å². The summed E-state index contributed by atoms with van der Waals surface area (Å²) in [5, 5.41) is 15.8. The van der Waals surface area contributed by atoms with Gasteiger partial charge in [-0.1, -0.05) is 18.2 Å². The number of ether oxygens (including phenoxy) is 2. The van der Waals surface area contributed by atoms with Crippen LogP contribution in [0.1, 0.15) is 16.7 Å². The van der Waals surface area contributed by atoms with Crippen LogP contribution in [0.3, 0.4) is 0 Å². The summed E-state index contributed by atoms with van der Waals surface area (Å²) >= 11 is 0. The van der Waals surface area contributed by atoms with E-state index in [1.54, 1.807) is 43.5 Å². The van der Waals surface area contributed by atoms with Gasteiger partial charge in [0.15, 0.2) is 11.5 Å². The second-order valence-electron chi connectivity index (χ2n) is 10.3. The first-order valence-electron chi connectivity index (χ1n) is 13.0. The monoisotopic (exact) mass is 545 g/mol. The first kappa shape index (κ1) is 25.8. The lowest BCUT2D eigenvalue weighted by Gasteiger charge is -2.29. The number of methoxy groups -OCH3 is 2. The Morgan fingerprint density at radius 3 is 2.38 bits per heavy atom. The molecule has 2 saturated heterocycles. The highest BCUT2D eigenvalue weighted by atomic mass is 19.1. The number of carbonyl (C=O) groups excluding carboxylic acids is 3. The third-order valence-corrected chi connectivity index (χ3v) is 8.23. The third kappa shape index (κ3) is 3.90. The first-order chi connectivity index (χ1) is 19.3. The smallest absolute Gasteiger partial charge is 0.250 e. The molecule has 9 nitrogen and oxygen atoms in total. The molecule has 3 aliphatic heterocycles. The fraction of sp³-hybridized carbons (Fsp3) is 0.300. The van der Waals surface area contributed by atoms with E-state index in [1.165, 1.54) is 30.2 Å². The van der Waals surface area contributed by atoms with Gasteiger partial charge in [-0.2, -0.15) is 0 Å². The van der Waals surface area contributed by atoms with E-state index < -0.39 is 41.0 Å². The molecule has 4 atom stereocenters. The van der Waals surface area contributed by atoms with Crippen LogP contribution in [-0.2, 0) is 32.8 Å². The van der Waals surface area contributed by atoms with E-state index in [4.69, 9.17) is 9.47 Å². The van der Waals surface area contributed by atoms with Crippen LogP contribution in [-0.4, -0.2) is 54.5 Å². The van der Waals surface area contributed by atoms with Crippen molar-refractivity contribution in [3.8, 4) is 17.2 Å². The minimum absolute atomic E-state index is 0.102. The molecule has 6 rings (SSSR count). The molecule has 2 fully saturated rings. The van der Waals surface area contributed by atoms with Crippen LogP contribution in [0.25, 0.3) is 0 Å². The van der Waals surface area contributed by atoms with E-state index in [0.29, 0.717) is 35.6 Å². The van der Waals surface area contributed by atoms with Gasteiger partial charge in [-0.15, -0.1) is 0 Å². The highest BCUT2D eigenvalue weighted by Gasteiger charge is 2.70. The van der Waals surface area contributed by atoms with Crippen LogP contribution in [0, 0.1) is 17.7 Å². The van der Waals surface area contributed by atoms with E-state index in [-0.39, 0.29) is 18.2 Å². The zero-order chi connectivity index (χ0) is 28.2. The SMILES string of the molecule is COc1ccc(CCN2C(=O)[C@@H]3[C@H](Cc4ccc(O)cc4)N[C@]4(C(=O)Nc5ccc(F)cc54)[C@@H]3C2=O)cc1OC. The van der Waals surface area contributed by atoms with E-state index in [2.05, 4.69) is 10.6 Å². The Balaban J connectivity index is 1.36. The second kappa shape index (κ2) is 9.63. The summed E-state index contributed by atoms with van der Waals surface area (Å²) in [4.78, 5) is 42.7. The standard InChI is InChI=1S/C30H28FN3O6/c1-39-23-10-5-17(14-24(23)40-2)11-12-34-27(36)25-22(13-16-3-7-19(35)8-4-16)33-30(26(25)28(34)37)20-15-18(31)6-9-21(20)32-29(30)38/h3-10,14-15,22,25-26,33,35H,11-13H2,1-2H3,(H,32,38)/t22-,25+,26-,30-/m0/s1. The summed E-state index contributed by atoms with van der Waals surface area (Å²) in [5.41, 5.74) is 0.799. The first-order valence-corrected chi connectivity index (χ1v) is 13.0. The lowest BCUT2D eigenvalue weighted by atomic mass is 9.76. The van der Waals surface area contributed by atoms with Gasteiger partial charge >= 0.3 is 0 Å². The Morgan fingerprint density at radius 1 is 0.925 bits per heavy atom. The molecular formula is C30H28FN3O6. The topological polar surface area (TPSA) is 117 Å². The van der Waals surface area contributed by atoms with Gasteiger partial charge in [0.1, 0.15) is 17.1 Å². The minimum Gasteiger partial charge on any atom is -0.508 e. The highest BCUT2D eigenvalue weighted by Crippen LogP contribution is 2.53. The maximum absolute atomic E-state index is 14.5. The van der Waals surface area contributed by atoms with E-state index >= 15 is 0 Å². The Kier molecular flexibility index (Phi) is 6.22. The quantitative estimate of drug-likeness (QED) is 0.391. The molecule has 10 heteroatoms. The average molecular weight is 546 g/mol. The number of nitrogens with one attached hydrogen (secondary N) is 2. The lowest BCUT2D eigenvalue weighted by Crippen LogP contribution is -2.53. The molecule has 0 unspecified atom stereocenters. The number of hydrogen-bond donors (Lipinski definition) is 3. The van der Waals surface area contributed by atoms with Crippen LogP contribution >= 0.6 is 0 Å². The molecule has 3 aromatic carbocycles. The Labute approximate surface area is 229 Å². The zero-order valence-corrected chi connectivity index (χ0v) is 21.9. The summed E-state index contributed by atoms with van der Waals surface area (Å²) in [6.45, 7) is 0.111. The predicted octanol–water partition coefficient (Wildman–Crippen LogP) is 2.75. The molecule has 40 heavy (non-hydrogen) atoms. The van der Waals surface area contributed by atoms with Crippen LogP contribution < -0.4 is 20.1 Å². The van der Waals surface area contributed by atoms with Crippen molar-refractivity contribution >= 4 is 23.4 Å². The molecule has 0 radical (unpaired) electrons. The van der Waals surface area contributed by atoms with Gasteiger partial charge in [0.25, 0.3) is 0 Å². The highest BCUT2D eigenvalue weighted by molar-refractivity contribution is 6.15. The van der Waals surface area contributed by atoms with E-state index in [1.807, 2.05) is 6.07 Å². The molecule has 3 aromatic rings. The molecule has 0 aliphatic carbocycles. The number of aromatic hydroxyl groups is 1. The maximum atomic E-state index is 14.5. The molecule has 0 bridgehead atoms. The summed E-state index contributed by atoms with van der Waals surface area (Å²) in [6, 6.07) is 15.3. The predicted molar refractivity (Wildman–Crippen MR) is 142 cm³/mol. The Hall–Kier alpha value is -4.44. The number of imide groups is 1. The number of fused-ring (bicyclic) bond motifs is 4. The van der Waals surface area contributed by atoms with Crippen molar-refractivity contribution in [2.24, 2.45) is 11.8 Å². The number of benzene rings is 3. The number of halogens is 1.